The van der Waals surface area contributed by atoms with Crippen molar-refractivity contribution in [3.05, 3.63) is 42.0 Å². The van der Waals surface area contributed by atoms with Crippen LogP contribution in [-0.4, -0.2) is 24.2 Å². The van der Waals surface area contributed by atoms with Gasteiger partial charge >= 0.3 is 0 Å². The van der Waals surface area contributed by atoms with Crippen molar-refractivity contribution in [2.24, 2.45) is 0 Å². The monoisotopic (exact) mass is 255 g/mol. The van der Waals surface area contributed by atoms with Gasteiger partial charge in [0.25, 0.3) is 0 Å². The van der Waals surface area contributed by atoms with Crippen molar-refractivity contribution in [3.8, 4) is 17.6 Å². The molecule has 96 valence electrons. The molecule has 5 heteroatoms. The summed E-state index contributed by atoms with van der Waals surface area (Å²) >= 11 is 0. The molecule has 0 saturated heterocycles. The number of ether oxygens (including phenoxy) is 2. The lowest BCUT2D eigenvalue weighted by molar-refractivity contribution is 0.355. The van der Waals surface area contributed by atoms with Crippen LogP contribution in [0.2, 0.25) is 0 Å². The maximum atomic E-state index is 9.24. The van der Waals surface area contributed by atoms with E-state index in [1.165, 1.54) is 0 Å². The largest absolute Gasteiger partial charge is 0.493 e. The molecule has 0 aliphatic heterocycles. The fraction of sp³-hybridized carbons (Fsp3) is 0.143. The molecule has 1 heterocycles. The van der Waals surface area contributed by atoms with Crippen molar-refractivity contribution < 1.29 is 9.47 Å². The molecule has 0 saturated carbocycles. The molecule has 0 radical (unpaired) electrons. The molecule has 0 bridgehead atoms. The van der Waals surface area contributed by atoms with E-state index >= 15 is 0 Å². The second-order valence-corrected chi connectivity index (χ2v) is 3.75. The number of rotatable bonds is 4. The average molecular weight is 255 g/mol. The van der Waals surface area contributed by atoms with Crippen LogP contribution in [0.1, 0.15) is 11.3 Å². The molecule has 0 aliphatic rings. The summed E-state index contributed by atoms with van der Waals surface area (Å²) in [5.41, 5.74) is 2.05. The zero-order valence-electron chi connectivity index (χ0n) is 10.7. The maximum Gasteiger partial charge on any atom is 0.161 e. The Morgan fingerprint density at radius 1 is 1.32 bits per heavy atom. The Labute approximate surface area is 111 Å². The number of aromatic nitrogens is 2. The molecule has 0 aliphatic carbocycles. The molecule has 5 nitrogen and oxygen atoms in total. The minimum Gasteiger partial charge on any atom is -0.493 e. The summed E-state index contributed by atoms with van der Waals surface area (Å²) in [7, 11) is 3.13. The van der Waals surface area contributed by atoms with Crippen LogP contribution < -0.4 is 9.47 Å². The van der Waals surface area contributed by atoms with E-state index < -0.39 is 0 Å². The van der Waals surface area contributed by atoms with Gasteiger partial charge in [-0.05, 0) is 29.8 Å². The Hall–Kier alpha value is -2.74. The predicted octanol–water partition coefficient (Wildman–Crippen LogP) is 2.49. The number of allylic oxidation sites excluding steroid dienone is 1. The summed E-state index contributed by atoms with van der Waals surface area (Å²) in [5.74, 6) is 1.22. The average Bonchev–Trinajstić information content (AvgIpc) is 2.97. The van der Waals surface area contributed by atoms with Crippen molar-refractivity contribution in [2.45, 2.75) is 0 Å². The predicted molar refractivity (Wildman–Crippen MR) is 71.6 cm³/mol. The summed E-state index contributed by atoms with van der Waals surface area (Å²) < 4.78 is 10.4. The number of hydrogen-bond acceptors (Lipinski definition) is 4. The number of nitrogens with one attached hydrogen (secondary N) is 1. The topological polar surface area (TPSA) is 70.9 Å². The smallest absolute Gasteiger partial charge is 0.161 e. The number of hydrogen-bond donors (Lipinski definition) is 1. The van der Waals surface area contributed by atoms with Gasteiger partial charge in [-0.2, -0.15) is 5.26 Å². The number of nitriles is 1. The summed E-state index contributed by atoms with van der Waals surface area (Å²) in [6.07, 6.45) is 4.95. The van der Waals surface area contributed by atoms with E-state index in [4.69, 9.17) is 9.47 Å². The summed E-state index contributed by atoms with van der Waals surface area (Å²) in [6, 6.07) is 7.51. The number of benzene rings is 1. The fourth-order valence-electron chi connectivity index (χ4n) is 1.68. The third-order valence-electron chi connectivity index (χ3n) is 2.63. The lowest BCUT2D eigenvalue weighted by Gasteiger charge is -2.08. The first-order chi connectivity index (χ1) is 9.28. The van der Waals surface area contributed by atoms with Crippen LogP contribution in [0.4, 0.5) is 0 Å². The fourth-order valence-corrected chi connectivity index (χ4v) is 1.68. The van der Waals surface area contributed by atoms with Crippen molar-refractivity contribution in [3.63, 3.8) is 0 Å². The zero-order valence-corrected chi connectivity index (χ0v) is 10.7. The second-order valence-electron chi connectivity index (χ2n) is 3.75. The van der Waals surface area contributed by atoms with E-state index in [1.807, 2.05) is 6.07 Å². The lowest BCUT2D eigenvalue weighted by Crippen LogP contribution is -1.92. The van der Waals surface area contributed by atoms with E-state index in [0.717, 1.165) is 11.3 Å². The molecular formula is C14H13N3O2. The SMILES string of the molecule is COc1ccc(/C(C#N)=C/c2cnc[nH]2)cc1OC. The van der Waals surface area contributed by atoms with Crippen LogP contribution in [0.3, 0.4) is 0 Å². The highest BCUT2D eigenvalue weighted by molar-refractivity contribution is 5.89. The quantitative estimate of drug-likeness (QED) is 0.852. The molecule has 0 unspecified atom stereocenters. The molecule has 0 spiro atoms. The van der Waals surface area contributed by atoms with Crippen LogP contribution in [0.25, 0.3) is 11.6 Å². The summed E-state index contributed by atoms with van der Waals surface area (Å²) in [5, 5.41) is 9.24. The van der Waals surface area contributed by atoms with Gasteiger partial charge in [-0.1, -0.05) is 0 Å². The van der Waals surface area contributed by atoms with Crippen molar-refractivity contribution in [1.29, 1.82) is 5.26 Å². The molecule has 0 atom stereocenters. The van der Waals surface area contributed by atoms with Crippen molar-refractivity contribution >= 4 is 11.6 Å². The van der Waals surface area contributed by atoms with E-state index in [-0.39, 0.29) is 0 Å². The molecule has 2 aromatic rings. The van der Waals surface area contributed by atoms with E-state index in [9.17, 15) is 5.26 Å². The molecule has 1 N–H and O–H groups in total. The Morgan fingerprint density at radius 3 is 2.68 bits per heavy atom. The third-order valence-corrected chi connectivity index (χ3v) is 2.63. The molecular weight excluding hydrogens is 242 g/mol. The van der Waals surface area contributed by atoms with Gasteiger partial charge in [-0.25, -0.2) is 4.98 Å². The molecule has 19 heavy (non-hydrogen) atoms. The van der Waals surface area contributed by atoms with Crippen LogP contribution in [0, 0.1) is 11.3 Å². The molecule has 2 rings (SSSR count). The van der Waals surface area contributed by atoms with Crippen molar-refractivity contribution in [1.82, 2.24) is 9.97 Å². The Morgan fingerprint density at radius 2 is 2.11 bits per heavy atom. The summed E-state index contributed by atoms with van der Waals surface area (Å²) in [4.78, 5) is 6.84. The molecule has 0 fully saturated rings. The van der Waals surface area contributed by atoms with Crippen LogP contribution >= 0.6 is 0 Å². The number of nitrogens with zero attached hydrogens (tertiary/aromatic N) is 2. The van der Waals surface area contributed by atoms with Gasteiger partial charge in [0.15, 0.2) is 11.5 Å². The Kier molecular flexibility index (Phi) is 3.84. The second kappa shape index (κ2) is 5.74. The van der Waals surface area contributed by atoms with Gasteiger partial charge in [-0.15, -0.1) is 0 Å². The first kappa shape index (κ1) is 12.7. The van der Waals surface area contributed by atoms with E-state index in [1.54, 1.807) is 45.0 Å². The standard InChI is InChI=1S/C14H13N3O2/c1-18-13-4-3-10(6-14(13)19-2)11(7-15)5-12-8-16-9-17-12/h3-6,8-9H,1-2H3,(H,16,17)/b11-5+. The highest BCUT2D eigenvalue weighted by Crippen LogP contribution is 2.30. The van der Waals surface area contributed by atoms with E-state index in [2.05, 4.69) is 16.0 Å². The highest BCUT2D eigenvalue weighted by Gasteiger charge is 2.08. The number of H-pyrrole nitrogens is 1. The first-order valence-electron chi connectivity index (χ1n) is 5.61. The minimum absolute atomic E-state index is 0.519. The highest BCUT2D eigenvalue weighted by atomic mass is 16.5. The van der Waals surface area contributed by atoms with Gasteiger partial charge in [0.2, 0.25) is 0 Å². The first-order valence-corrected chi connectivity index (χ1v) is 5.61. The Bertz CT molecular complexity index is 625. The maximum absolute atomic E-state index is 9.24. The molecule has 0 amide bonds. The van der Waals surface area contributed by atoms with Crippen LogP contribution in [-0.2, 0) is 0 Å². The third kappa shape index (κ3) is 2.75. The molecule has 1 aromatic heterocycles. The van der Waals surface area contributed by atoms with Crippen LogP contribution in [0.15, 0.2) is 30.7 Å². The van der Waals surface area contributed by atoms with Gasteiger partial charge in [0.1, 0.15) is 0 Å². The lowest BCUT2D eigenvalue weighted by atomic mass is 10.1. The Balaban J connectivity index is 2.42. The zero-order chi connectivity index (χ0) is 13.7. The van der Waals surface area contributed by atoms with E-state index in [0.29, 0.717) is 17.1 Å². The van der Waals surface area contributed by atoms with Crippen LogP contribution in [0.5, 0.6) is 11.5 Å². The number of imidazole rings is 1. The molecule has 1 aromatic carbocycles. The van der Waals surface area contributed by atoms with Crippen molar-refractivity contribution in [2.75, 3.05) is 14.2 Å². The number of aromatic amines is 1. The van der Waals surface area contributed by atoms with Gasteiger partial charge in [-0.3, -0.25) is 0 Å². The minimum atomic E-state index is 0.519. The van der Waals surface area contributed by atoms with Gasteiger partial charge in [0.05, 0.1) is 44.1 Å². The summed E-state index contributed by atoms with van der Waals surface area (Å²) in [6.45, 7) is 0. The number of methoxy groups -OCH3 is 2. The van der Waals surface area contributed by atoms with Gasteiger partial charge < -0.3 is 14.5 Å². The normalized spacial score (nSPS) is 10.9. The van der Waals surface area contributed by atoms with Gasteiger partial charge in [0, 0.05) is 0 Å².